The van der Waals surface area contributed by atoms with Crippen molar-refractivity contribution in [2.24, 2.45) is 10.7 Å². The van der Waals surface area contributed by atoms with Crippen molar-refractivity contribution in [3.63, 3.8) is 0 Å². The van der Waals surface area contributed by atoms with E-state index >= 15 is 0 Å². The predicted molar refractivity (Wildman–Crippen MR) is 88.8 cm³/mol. The number of guanidine groups is 1. The molecule has 6 heteroatoms. The maximum atomic E-state index is 10.2. The van der Waals surface area contributed by atoms with Gasteiger partial charge >= 0.3 is 0 Å². The van der Waals surface area contributed by atoms with Gasteiger partial charge in [0.2, 0.25) is 0 Å². The largest absolute Gasteiger partial charge is 0.387 e. The molecule has 0 aliphatic carbocycles. The van der Waals surface area contributed by atoms with E-state index in [4.69, 9.17) is 5.73 Å². The maximum absolute atomic E-state index is 10.2. The summed E-state index contributed by atoms with van der Waals surface area (Å²) in [5, 5.41) is 10.2. The lowest BCUT2D eigenvalue weighted by Gasteiger charge is -2.23. The average molecular weight is 385 g/mol. The van der Waals surface area contributed by atoms with Gasteiger partial charge in [-0.1, -0.05) is 12.8 Å². The maximum Gasteiger partial charge on any atom is 0.191 e. The fraction of sp³-hybridized carbons (Fsp3) is 0.917. The molecule has 0 amide bonds. The van der Waals surface area contributed by atoms with Crippen molar-refractivity contribution in [2.75, 3.05) is 31.1 Å². The first kappa shape index (κ1) is 16.4. The van der Waals surface area contributed by atoms with Crippen LogP contribution in [0.3, 0.4) is 0 Å². The van der Waals surface area contributed by atoms with Crippen LogP contribution in [0.2, 0.25) is 0 Å². The van der Waals surface area contributed by atoms with Crippen molar-refractivity contribution in [3.05, 3.63) is 0 Å². The van der Waals surface area contributed by atoms with E-state index in [0.29, 0.717) is 12.5 Å². The lowest BCUT2D eigenvalue weighted by atomic mass is 10.1. The van der Waals surface area contributed by atoms with E-state index in [9.17, 15) is 5.11 Å². The molecule has 18 heavy (non-hydrogen) atoms. The Morgan fingerprint density at radius 2 is 1.94 bits per heavy atom. The number of halogens is 1. The Hall–Kier alpha value is 0.310. The van der Waals surface area contributed by atoms with Crippen LogP contribution in [0.4, 0.5) is 0 Å². The molecular weight excluding hydrogens is 361 g/mol. The third-order valence-corrected chi connectivity index (χ3v) is 4.78. The number of nitrogens with two attached hydrogens (primary N) is 1. The molecule has 0 spiro atoms. The minimum atomic E-state index is -0.610. The fourth-order valence-electron chi connectivity index (χ4n) is 2.35. The van der Waals surface area contributed by atoms with Crippen molar-refractivity contribution in [1.29, 1.82) is 0 Å². The Morgan fingerprint density at radius 3 is 2.50 bits per heavy atom. The van der Waals surface area contributed by atoms with E-state index in [1.807, 2.05) is 0 Å². The zero-order valence-corrected chi connectivity index (χ0v) is 14.0. The Bertz CT molecular complexity index is 274. The summed E-state index contributed by atoms with van der Waals surface area (Å²) in [6, 6.07) is 0. The van der Waals surface area contributed by atoms with E-state index in [1.165, 1.54) is 25.7 Å². The van der Waals surface area contributed by atoms with Gasteiger partial charge in [-0.15, -0.1) is 24.0 Å². The molecule has 0 aromatic carbocycles. The van der Waals surface area contributed by atoms with E-state index in [2.05, 4.69) is 9.89 Å². The summed E-state index contributed by atoms with van der Waals surface area (Å²) in [6.45, 7) is 2.49. The van der Waals surface area contributed by atoms with Crippen LogP contribution in [0.25, 0.3) is 0 Å². The third kappa shape index (κ3) is 4.77. The van der Waals surface area contributed by atoms with Crippen LogP contribution in [-0.4, -0.2) is 52.7 Å². The first-order valence-electron chi connectivity index (χ1n) is 6.55. The highest BCUT2D eigenvalue weighted by atomic mass is 127. The molecule has 1 atom stereocenters. The molecule has 2 rings (SSSR count). The lowest BCUT2D eigenvalue weighted by Crippen LogP contribution is -2.40. The predicted octanol–water partition coefficient (Wildman–Crippen LogP) is 1.66. The summed E-state index contributed by atoms with van der Waals surface area (Å²) in [7, 11) is 0. The van der Waals surface area contributed by atoms with Crippen molar-refractivity contribution in [2.45, 2.75) is 37.7 Å². The molecule has 0 aromatic rings. The second-order valence-corrected chi connectivity index (χ2v) is 6.21. The zero-order chi connectivity index (χ0) is 12.1. The smallest absolute Gasteiger partial charge is 0.191 e. The lowest BCUT2D eigenvalue weighted by molar-refractivity contribution is 0.0776. The normalized spacial score (nSPS) is 29.8. The molecule has 2 heterocycles. The molecular formula is C12H24IN3OS. The van der Waals surface area contributed by atoms with Gasteiger partial charge in [-0.2, -0.15) is 11.8 Å². The van der Waals surface area contributed by atoms with Gasteiger partial charge in [0, 0.05) is 18.8 Å². The summed E-state index contributed by atoms with van der Waals surface area (Å²) in [5.74, 6) is 2.46. The van der Waals surface area contributed by atoms with Gasteiger partial charge < -0.3 is 15.7 Å². The summed E-state index contributed by atoms with van der Waals surface area (Å²) in [4.78, 5) is 6.57. The van der Waals surface area contributed by atoms with Crippen LogP contribution < -0.4 is 5.73 Å². The molecule has 2 aliphatic heterocycles. The first-order chi connectivity index (χ1) is 8.20. The van der Waals surface area contributed by atoms with Crippen molar-refractivity contribution in [1.82, 2.24) is 4.90 Å². The monoisotopic (exact) mass is 385 g/mol. The van der Waals surface area contributed by atoms with Crippen LogP contribution >= 0.6 is 35.7 Å². The Balaban J connectivity index is 0.00000162. The summed E-state index contributed by atoms with van der Waals surface area (Å²) in [6.07, 6.45) is 5.84. The quantitative estimate of drug-likeness (QED) is 0.431. The number of aliphatic imine (C=N–C) groups is 1. The average Bonchev–Trinajstić information content (AvgIpc) is 2.60. The number of nitrogens with zero attached hydrogens (tertiary/aromatic N) is 2. The van der Waals surface area contributed by atoms with E-state index in [-0.39, 0.29) is 24.0 Å². The van der Waals surface area contributed by atoms with E-state index in [0.717, 1.165) is 31.0 Å². The zero-order valence-electron chi connectivity index (χ0n) is 10.8. The summed E-state index contributed by atoms with van der Waals surface area (Å²) >= 11 is 1.80. The van der Waals surface area contributed by atoms with Crippen molar-refractivity contribution < 1.29 is 5.11 Å². The van der Waals surface area contributed by atoms with E-state index in [1.54, 1.807) is 11.8 Å². The minimum Gasteiger partial charge on any atom is -0.387 e. The van der Waals surface area contributed by atoms with Gasteiger partial charge in [-0.05, 0) is 25.0 Å². The molecule has 2 fully saturated rings. The Kier molecular flexibility index (Phi) is 7.08. The van der Waals surface area contributed by atoms with Gasteiger partial charge in [-0.3, -0.25) is 4.99 Å². The highest BCUT2D eigenvalue weighted by molar-refractivity contribution is 14.0. The molecule has 2 aliphatic rings. The molecule has 3 N–H and O–H groups in total. The Morgan fingerprint density at radius 1 is 1.28 bits per heavy atom. The molecule has 0 aromatic heterocycles. The number of rotatable bonds is 2. The van der Waals surface area contributed by atoms with Gasteiger partial charge in [0.15, 0.2) is 5.96 Å². The number of aliphatic hydroxyl groups is 1. The third-order valence-electron chi connectivity index (χ3n) is 3.55. The molecule has 0 saturated carbocycles. The highest BCUT2D eigenvalue weighted by Crippen LogP contribution is 2.27. The van der Waals surface area contributed by atoms with E-state index < -0.39 is 5.60 Å². The summed E-state index contributed by atoms with van der Waals surface area (Å²) < 4.78 is 0. The van der Waals surface area contributed by atoms with Crippen LogP contribution in [0.5, 0.6) is 0 Å². The van der Waals surface area contributed by atoms with Gasteiger partial charge in [0.1, 0.15) is 0 Å². The molecule has 2 saturated heterocycles. The topological polar surface area (TPSA) is 61.9 Å². The second kappa shape index (κ2) is 7.79. The molecule has 1 unspecified atom stereocenters. The van der Waals surface area contributed by atoms with Crippen LogP contribution in [0, 0.1) is 0 Å². The first-order valence-corrected chi connectivity index (χ1v) is 7.70. The fourth-order valence-corrected chi connectivity index (χ4v) is 3.63. The standard InChI is InChI=1S/C12H23N3OS.HI/c13-11(15-6-3-1-2-4-7-15)14-9-12(16)5-8-17-10-12;/h16H,1-10H2,(H2,13,14);1H. The molecule has 106 valence electrons. The SMILES string of the molecule is I.NC(=NCC1(O)CCSC1)N1CCCCCC1. The minimum absolute atomic E-state index is 0. The molecule has 0 radical (unpaired) electrons. The summed E-state index contributed by atoms with van der Waals surface area (Å²) in [5.41, 5.74) is 5.40. The molecule has 4 nitrogen and oxygen atoms in total. The van der Waals surface area contributed by atoms with Gasteiger partial charge in [-0.25, -0.2) is 0 Å². The Labute approximate surface area is 131 Å². The van der Waals surface area contributed by atoms with Crippen LogP contribution in [0.1, 0.15) is 32.1 Å². The number of likely N-dealkylation sites (tertiary alicyclic amines) is 1. The second-order valence-electron chi connectivity index (χ2n) is 5.10. The van der Waals surface area contributed by atoms with Gasteiger partial charge in [0.05, 0.1) is 12.1 Å². The number of thioether (sulfide) groups is 1. The number of hydrogen-bond donors (Lipinski definition) is 2. The van der Waals surface area contributed by atoms with Gasteiger partial charge in [0.25, 0.3) is 0 Å². The van der Waals surface area contributed by atoms with Crippen LogP contribution in [0.15, 0.2) is 4.99 Å². The number of hydrogen-bond acceptors (Lipinski definition) is 3. The van der Waals surface area contributed by atoms with Crippen molar-refractivity contribution in [3.8, 4) is 0 Å². The molecule has 0 bridgehead atoms. The van der Waals surface area contributed by atoms with Crippen molar-refractivity contribution >= 4 is 41.7 Å². The highest BCUT2D eigenvalue weighted by Gasteiger charge is 2.31. The van der Waals surface area contributed by atoms with Crippen LogP contribution in [-0.2, 0) is 0 Å².